The Bertz CT molecular complexity index is 1460. The van der Waals surface area contributed by atoms with Crippen molar-refractivity contribution in [2.24, 2.45) is 0 Å². The van der Waals surface area contributed by atoms with Crippen LogP contribution in [0, 0.1) is 0 Å². The van der Waals surface area contributed by atoms with Crippen molar-refractivity contribution in [3.8, 4) is 11.5 Å². The number of nitrogens with zero attached hydrogens (tertiary/aromatic N) is 1. The highest BCUT2D eigenvalue weighted by molar-refractivity contribution is 7.18. The lowest BCUT2D eigenvalue weighted by atomic mass is 9.68. The number of aromatic hydroxyl groups is 2. The van der Waals surface area contributed by atoms with Crippen molar-refractivity contribution in [2.45, 2.75) is 121 Å². The molecular formula is C38H47NO2S. The second-order valence-corrected chi connectivity index (χ2v) is 14.6. The molecule has 1 heterocycles. The van der Waals surface area contributed by atoms with E-state index >= 15 is 0 Å². The van der Waals surface area contributed by atoms with Gasteiger partial charge >= 0.3 is 0 Å². The van der Waals surface area contributed by atoms with Crippen molar-refractivity contribution < 1.29 is 10.2 Å². The molecule has 0 radical (unpaired) electrons. The molecule has 0 atom stereocenters. The van der Waals surface area contributed by atoms with Gasteiger partial charge in [0.1, 0.15) is 16.5 Å². The van der Waals surface area contributed by atoms with Gasteiger partial charge in [-0.1, -0.05) is 103 Å². The van der Waals surface area contributed by atoms with E-state index in [0.29, 0.717) is 11.5 Å². The summed E-state index contributed by atoms with van der Waals surface area (Å²) in [5.74, 6) is 0.442. The number of para-hydroxylation sites is 1. The zero-order chi connectivity index (χ0) is 29.5. The van der Waals surface area contributed by atoms with Crippen LogP contribution in [-0.2, 0) is 23.7 Å². The average Bonchev–Trinajstić information content (AvgIpc) is 3.43. The molecule has 6 rings (SSSR count). The van der Waals surface area contributed by atoms with Crippen LogP contribution < -0.4 is 0 Å². The maximum absolute atomic E-state index is 12.3. The van der Waals surface area contributed by atoms with Gasteiger partial charge in [-0.3, -0.25) is 0 Å². The fourth-order valence-corrected chi connectivity index (χ4v) is 8.96. The Balaban J connectivity index is 1.63. The lowest BCUT2D eigenvalue weighted by Crippen LogP contribution is -2.26. The standard InChI is InChI=1S/C38H47NO2S/c1-5-25-21-27(34(40)29(23-25)37(3)17-11-7-12-18-37)33(36-39-31-15-9-10-16-32(31)42-36)28-22-26(6-2)24-30(35(28)41)38(4)19-13-8-14-20-38/h9-10,15-16,21-24,33,40-41H,5-8,11-14,17-20H2,1-4H3. The summed E-state index contributed by atoms with van der Waals surface area (Å²) in [6.45, 7) is 9.09. The fourth-order valence-electron chi connectivity index (χ4n) is 7.86. The second kappa shape index (κ2) is 11.7. The molecule has 0 spiro atoms. The first-order valence-electron chi connectivity index (χ1n) is 16.3. The number of aromatic nitrogens is 1. The number of rotatable bonds is 7. The normalized spacial score (nSPS) is 18.5. The highest BCUT2D eigenvalue weighted by Gasteiger charge is 2.38. The van der Waals surface area contributed by atoms with Crippen molar-refractivity contribution in [1.29, 1.82) is 0 Å². The zero-order valence-electron chi connectivity index (χ0n) is 25.9. The molecule has 3 aromatic carbocycles. The highest BCUT2D eigenvalue weighted by atomic mass is 32.1. The number of hydrogen-bond donors (Lipinski definition) is 2. The van der Waals surface area contributed by atoms with E-state index < -0.39 is 0 Å². The minimum atomic E-state index is -0.350. The molecule has 0 aliphatic heterocycles. The number of hydrogen-bond acceptors (Lipinski definition) is 4. The van der Waals surface area contributed by atoms with Gasteiger partial charge in [0.2, 0.25) is 0 Å². The van der Waals surface area contributed by atoms with Gasteiger partial charge in [0.25, 0.3) is 0 Å². The summed E-state index contributed by atoms with van der Waals surface area (Å²) in [5, 5.41) is 25.5. The predicted molar refractivity (Wildman–Crippen MR) is 176 cm³/mol. The Labute approximate surface area is 256 Å². The molecule has 2 aliphatic carbocycles. The SMILES string of the molecule is CCc1cc(C(c2nc3ccccc3s2)c2cc(CC)cc(C3(C)CCCCC3)c2O)c(O)c(C2(C)CCCCC2)c1. The summed E-state index contributed by atoms with van der Waals surface area (Å²) < 4.78 is 1.13. The van der Waals surface area contributed by atoms with Gasteiger partial charge < -0.3 is 10.2 Å². The lowest BCUT2D eigenvalue weighted by molar-refractivity contribution is 0.306. The molecule has 0 amide bonds. The van der Waals surface area contributed by atoms with Crippen molar-refractivity contribution in [2.75, 3.05) is 0 Å². The maximum Gasteiger partial charge on any atom is 0.123 e. The molecule has 0 bridgehead atoms. The van der Waals surface area contributed by atoms with E-state index in [2.05, 4.69) is 70.2 Å². The number of benzene rings is 3. The van der Waals surface area contributed by atoms with Crippen molar-refractivity contribution in [3.05, 3.63) is 86.9 Å². The molecule has 4 aromatic rings. The molecule has 1 aromatic heterocycles. The summed E-state index contributed by atoms with van der Waals surface area (Å²) >= 11 is 1.69. The predicted octanol–water partition coefficient (Wildman–Crippen LogP) is 10.5. The summed E-state index contributed by atoms with van der Waals surface area (Å²) in [6, 6.07) is 17.2. The van der Waals surface area contributed by atoms with E-state index in [-0.39, 0.29) is 16.7 Å². The first kappa shape index (κ1) is 29.2. The topological polar surface area (TPSA) is 53.4 Å². The van der Waals surface area contributed by atoms with Crippen LogP contribution in [0.4, 0.5) is 0 Å². The molecule has 2 aliphatic rings. The van der Waals surface area contributed by atoms with Gasteiger partial charge in [0.05, 0.1) is 16.1 Å². The third kappa shape index (κ3) is 5.25. The number of phenolic OH excluding ortho intramolecular Hbond substituents is 2. The van der Waals surface area contributed by atoms with Gasteiger partial charge in [-0.05, 0) is 72.6 Å². The van der Waals surface area contributed by atoms with Crippen molar-refractivity contribution >= 4 is 21.6 Å². The third-order valence-electron chi connectivity index (χ3n) is 10.6. The van der Waals surface area contributed by atoms with Gasteiger partial charge in [0.15, 0.2) is 0 Å². The van der Waals surface area contributed by atoms with Crippen LogP contribution in [0.5, 0.6) is 11.5 Å². The first-order chi connectivity index (χ1) is 20.3. The van der Waals surface area contributed by atoms with Gasteiger partial charge in [0, 0.05) is 22.3 Å². The van der Waals surface area contributed by atoms with Crippen LogP contribution in [0.25, 0.3) is 10.2 Å². The molecule has 2 fully saturated rings. The second-order valence-electron chi connectivity index (χ2n) is 13.6. The average molecular weight is 582 g/mol. The van der Waals surface area contributed by atoms with E-state index in [1.54, 1.807) is 11.3 Å². The molecular weight excluding hydrogens is 534 g/mol. The van der Waals surface area contributed by atoms with E-state index in [1.165, 1.54) is 49.7 Å². The van der Waals surface area contributed by atoms with Gasteiger partial charge in [-0.25, -0.2) is 4.98 Å². The molecule has 0 saturated heterocycles. The van der Waals surface area contributed by atoms with E-state index in [4.69, 9.17) is 4.98 Å². The summed E-state index contributed by atoms with van der Waals surface area (Å²) in [4.78, 5) is 5.17. The van der Waals surface area contributed by atoms with Crippen LogP contribution in [0.1, 0.15) is 136 Å². The molecule has 4 heteroatoms. The van der Waals surface area contributed by atoms with Crippen LogP contribution in [0.3, 0.4) is 0 Å². The molecule has 222 valence electrons. The highest BCUT2D eigenvalue weighted by Crippen LogP contribution is 2.52. The maximum atomic E-state index is 12.3. The number of phenols is 2. The van der Waals surface area contributed by atoms with Gasteiger partial charge in [-0.2, -0.15) is 0 Å². The monoisotopic (exact) mass is 581 g/mol. The largest absolute Gasteiger partial charge is 0.507 e. The van der Waals surface area contributed by atoms with Crippen LogP contribution >= 0.6 is 11.3 Å². The van der Waals surface area contributed by atoms with Crippen molar-refractivity contribution in [3.63, 3.8) is 0 Å². The van der Waals surface area contributed by atoms with E-state index in [0.717, 1.165) is 76.0 Å². The summed E-state index contributed by atoms with van der Waals surface area (Å²) in [7, 11) is 0. The Morgan fingerprint density at radius 1 is 0.714 bits per heavy atom. The van der Waals surface area contributed by atoms with Crippen LogP contribution in [0.15, 0.2) is 48.5 Å². The quantitative estimate of drug-likeness (QED) is 0.228. The molecule has 2 saturated carbocycles. The Hall–Kier alpha value is -2.85. The van der Waals surface area contributed by atoms with E-state index in [9.17, 15) is 10.2 Å². The minimum absolute atomic E-state index is 0.0472. The number of thiazole rings is 1. The number of aryl methyl sites for hydroxylation is 2. The minimum Gasteiger partial charge on any atom is -0.507 e. The molecule has 3 nitrogen and oxygen atoms in total. The number of fused-ring (bicyclic) bond motifs is 1. The van der Waals surface area contributed by atoms with Gasteiger partial charge in [-0.15, -0.1) is 11.3 Å². The van der Waals surface area contributed by atoms with E-state index in [1.807, 2.05) is 6.07 Å². The Morgan fingerprint density at radius 3 is 1.64 bits per heavy atom. The zero-order valence-corrected chi connectivity index (χ0v) is 26.7. The third-order valence-corrected chi connectivity index (χ3v) is 11.7. The first-order valence-corrected chi connectivity index (χ1v) is 17.2. The lowest BCUT2D eigenvalue weighted by Gasteiger charge is -2.37. The fraction of sp³-hybridized carbons (Fsp3) is 0.500. The summed E-state index contributed by atoms with van der Waals surface area (Å²) in [5.41, 5.74) is 7.28. The molecule has 42 heavy (non-hydrogen) atoms. The van der Waals surface area contributed by atoms with Crippen molar-refractivity contribution in [1.82, 2.24) is 4.98 Å². The Morgan fingerprint density at radius 2 is 1.19 bits per heavy atom. The molecule has 0 unspecified atom stereocenters. The molecule has 2 N–H and O–H groups in total. The van der Waals surface area contributed by atoms with Crippen LogP contribution in [-0.4, -0.2) is 15.2 Å². The summed E-state index contributed by atoms with van der Waals surface area (Å²) in [6.07, 6.45) is 13.5. The smallest absolute Gasteiger partial charge is 0.123 e. The van der Waals surface area contributed by atoms with Crippen LogP contribution in [0.2, 0.25) is 0 Å². The Kier molecular flexibility index (Phi) is 8.13.